The second-order valence-electron chi connectivity index (χ2n) is 6.38. The van der Waals surface area contributed by atoms with E-state index < -0.39 is 18.8 Å². The summed E-state index contributed by atoms with van der Waals surface area (Å²) in [5, 5.41) is 30.8. The minimum Gasteiger partial charge on any atom is -0.502 e. The standard InChI is InChI=1S/C22H28O8/c1-6-7-13-8-17(28-4)22(18(9-13)29-5)30-19(12-23)20(24)14-10-15(26-2)21(25)16(11-14)27-3/h6,8-11,19-20,23-25H,1,7,12H2,2-5H3/t19-,20+/m0/s1. The predicted molar refractivity (Wildman–Crippen MR) is 111 cm³/mol. The van der Waals surface area contributed by atoms with Gasteiger partial charge in [-0.3, -0.25) is 0 Å². The fourth-order valence-corrected chi connectivity index (χ4v) is 2.99. The van der Waals surface area contributed by atoms with Crippen LogP contribution in [0.4, 0.5) is 0 Å². The predicted octanol–water partition coefficient (Wildman–Crippen LogP) is 2.63. The number of phenols is 1. The number of methoxy groups -OCH3 is 4. The van der Waals surface area contributed by atoms with Gasteiger partial charge in [-0.1, -0.05) is 6.08 Å². The van der Waals surface area contributed by atoms with Crippen molar-refractivity contribution in [2.75, 3.05) is 35.0 Å². The van der Waals surface area contributed by atoms with Gasteiger partial charge in [0.05, 0.1) is 35.0 Å². The van der Waals surface area contributed by atoms with Crippen LogP contribution in [-0.4, -0.2) is 56.5 Å². The number of hydrogen-bond donors (Lipinski definition) is 3. The molecular formula is C22H28O8. The minimum absolute atomic E-state index is 0.115. The summed E-state index contributed by atoms with van der Waals surface area (Å²) in [4.78, 5) is 0. The molecule has 0 aliphatic rings. The molecule has 8 nitrogen and oxygen atoms in total. The van der Waals surface area contributed by atoms with E-state index in [1.54, 1.807) is 18.2 Å². The van der Waals surface area contributed by atoms with Crippen molar-refractivity contribution in [2.45, 2.75) is 18.6 Å². The van der Waals surface area contributed by atoms with Gasteiger partial charge in [0.25, 0.3) is 0 Å². The van der Waals surface area contributed by atoms with Gasteiger partial charge in [0.15, 0.2) is 29.1 Å². The molecule has 3 N–H and O–H groups in total. The number of aliphatic hydroxyl groups excluding tert-OH is 2. The van der Waals surface area contributed by atoms with Crippen LogP contribution in [0.25, 0.3) is 0 Å². The summed E-state index contributed by atoms with van der Waals surface area (Å²) in [6, 6.07) is 6.42. The van der Waals surface area contributed by atoms with Crippen LogP contribution in [0.15, 0.2) is 36.9 Å². The van der Waals surface area contributed by atoms with Crippen LogP contribution in [0, 0.1) is 0 Å². The largest absolute Gasteiger partial charge is 0.502 e. The van der Waals surface area contributed by atoms with E-state index >= 15 is 0 Å². The summed E-state index contributed by atoms with van der Waals surface area (Å²) in [6.45, 7) is 3.22. The van der Waals surface area contributed by atoms with Crippen molar-refractivity contribution in [1.29, 1.82) is 0 Å². The molecule has 2 atom stereocenters. The Morgan fingerprint density at radius 1 is 0.900 bits per heavy atom. The molecule has 30 heavy (non-hydrogen) atoms. The summed E-state index contributed by atoms with van der Waals surface area (Å²) in [5.74, 6) is 1.05. The minimum atomic E-state index is -1.28. The molecule has 0 aliphatic heterocycles. The molecule has 0 saturated carbocycles. The van der Waals surface area contributed by atoms with Gasteiger partial charge in [-0.2, -0.15) is 0 Å². The van der Waals surface area contributed by atoms with E-state index in [-0.39, 0.29) is 23.0 Å². The monoisotopic (exact) mass is 420 g/mol. The topological polar surface area (TPSA) is 107 Å². The Morgan fingerprint density at radius 3 is 1.80 bits per heavy atom. The van der Waals surface area contributed by atoms with E-state index in [1.165, 1.54) is 40.6 Å². The van der Waals surface area contributed by atoms with Gasteiger partial charge in [0, 0.05) is 0 Å². The SMILES string of the molecule is C=CCc1cc(OC)c(O[C@@H](CO)[C@H](O)c2cc(OC)c(O)c(OC)c2)c(OC)c1. The summed E-state index contributed by atoms with van der Waals surface area (Å²) < 4.78 is 27.0. The van der Waals surface area contributed by atoms with Crippen LogP contribution >= 0.6 is 0 Å². The lowest BCUT2D eigenvalue weighted by atomic mass is 10.0. The zero-order valence-corrected chi connectivity index (χ0v) is 17.5. The van der Waals surface area contributed by atoms with Crippen LogP contribution in [0.5, 0.6) is 34.5 Å². The van der Waals surface area contributed by atoms with Crippen molar-refractivity contribution in [3.63, 3.8) is 0 Å². The van der Waals surface area contributed by atoms with Gasteiger partial charge in [0.2, 0.25) is 11.5 Å². The fraction of sp³-hybridized carbons (Fsp3) is 0.364. The molecule has 0 aromatic heterocycles. The first kappa shape index (κ1) is 23.2. The van der Waals surface area contributed by atoms with E-state index in [9.17, 15) is 15.3 Å². The molecule has 0 bridgehead atoms. The highest BCUT2D eigenvalue weighted by molar-refractivity contribution is 5.55. The average Bonchev–Trinajstić information content (AvgIpc) is 2.77. The number of allylic oxidation sites excluding steroid dienone is 1. The highest BCUT2D eigenvalue weighted by Gasteiger charge is 2.28. The molecule has 2 rings (SSSR count). The van der Waals surface area contributed by atoms with Crippen molar-refractivity contribution in [3.8, 4) is 34.5 Å². The van der Waals surface area contributed by atoms with Crippen molar-refractivity contribution in [3.05, 3.63) is 48.0 Å². The van der Waals surface area contributed by atoms with Crippen LogP contribution in [0.2, 0.25) is 0 Å². The second-order valence-corrected chi connectivity index (χ2v) is 6.38. The molecule has 0 fully saturated rings. The van der Waals surface area contributed by atoms with Crippen molar-refractivity contribution in [2.24, 2.45) is 0 Å². The zero-order valence-electron chi connectivity index (χ0n) is 17.5. The quantitative estimate of drug-likeness (QED) is 0.477. The van der Waals surface area contributed by atoms with E-state index in [0.717, 1.165) is 5.56 Å². The summed E-state index contributed by atoms with van der Waals surface area (Å²) in [7, 11) is 5.73. The first-order valence-corrected chi connectivity index (χ1v) is 9.20. The number of benzene rings is 2. The molecule has 0 unspecified atom stereocenters. The van der Waals surface area contributed by atoms with Gasteiger partial charge in [-0.15, -0.1) is 6.58 Å². The molecular weight excluding hydrogens is 392 g/mol. The summed E-state index contributed by atoms with van der Waals surface area (Å²) in [5.41, 5.74) is 1.22. The lowest BCUT2D eigenvalue weighted by Gasteiger charge is -2.25. The van der Waals surface area contributed by atoms with Gasteiger partial charge in [-0.25, -0.2) is 0 Å². The highest BCUT2D eigenvalue weighted by atomic mass is 16.6. The first-order valence-electron chi connectivity index (χ1n) is 9.20. The summed E-state index contributed by atoms with van der Waals surface area (Å²) in [6.07, 6.45) is 0.00456. The van der Waals surface area contributed by atoms with Crippen LogP contribution in [-0.2, 0) is 6.42 Å². The normalized spacial score (nSPS) is 12.6. The van der Waals surface area contributed by atoms with Crippen molar-refractivity contribution < 1.29 is 39.0 Å². The number of hydrogen-bond acceptors (Lipinski definition) is 8. The number of rotatable bonds is 11. The number of ether oxygens (including phenoxy) is 5. The Kier molecular flexibility index (Phi) is 8.20. The Balaban J connectivity index is 2.43. The van der Waals surface area contributed by atoms with Crippen molar-refractivity contribution in [1.82, 2.24) is 0 Å². The third-order valence-electron chi connectivity index (χ3n) is 4.55. The molecule has 0 heterocycles. The molecule has 0 spiro atoms. The maximum atomic E-state index is 10.9. The molecule has 8 heteroatoms. The maximum Gasteiger partial charge on any atom is 0.204 e. The number of aliphatic hydroxyl groups is 2. The molecule has 164 valence electrons. The van der Waals surface area contributed by atoms with Gasteiger partial charge in [0.1, 0.15) is 6.10 Å². The lowest BCUT2D eigenvalue weighted by molar-refractivity contribution is -0.00185. The molecule has 0 saturated heterocycles. The third-order valence-corrected chi connectivity index (χ3v) is 4.55. The van der Waals surface area contributed by atoms with E-state index in [0.29, 0.717) is 23.5 Å². The molecule has 0 aliphatic carbocycles. The molecule has 0 amide bonds. The van der Waals surface area contributed by atoms with Crippen molar-refractivity contribution >= 4 is 0 Å². The summed E-state index contributed by atoms with van der Waals surface area (Å²) >= 11 is 0. The average molecular weight is 420 g/mol. The molecule has 0 radical (unpaired) electrons. The Labute approximate surface area is 175 Å². The number of aromatic hydroxyl groups is 1. The van der Waals surface area contributed by atoms with E-state index in [4.69, 9.17) is 23.7 Å². The maximum absolute atomic E-state index is 10.9. The van der Waals surface area contributed by atoms with Gasteiger partial charge < -0.3 is 39.0 Å². The van der Waals surface area contributed by atoms with Gasteiger partial charge in [-0.05, 0) is 41.8 Å². The van der Waals surface area contributed by atoms with E-state index in [2.05, 4.69) is 6.58 Å². The smallest absolute Gasteiger partial charge is 0.204 e. The Bertz CT molecular complexity index is 814. The molecule has 2 aromatic carbocycles. The Hall–Kier alpha value is -3.10. The highest BCUT2D eigenvalue weighted by Crippen LogP contribution is 2.42. The van der Waals surface area contributed by atoms with Crippen LogP contribution in [0.1, 0.15) is 17.2 Å². The van der Waals surface area contributed by atoms with Gasteiger partial charge >= 0.3 is 0 Å². The Morgan fingerprint density at radius 2 is 1.40 bits per heavy atom. The number of phenolic OH excluding ortho intramolecular Hbond substituents is 1. The van der Waals surface area contributed by atoms with Crippen LogP contribution in [0.3, 0.4) is 0 Å². The molecule has 2 aromatic rings. The second kappa shape index (κ2) is 10.6. The lowest BCUT2D eigenvalue weighted by Crippen LogP contribution is -2.29. The first-order chi connectivity index (χ1) is 14.4. The zero-order chi connectivity index (χ0) is 22.3. The van der Waals surface area contributed by atoms with Crippen LogP contribution < -0.4 is 23.7 Å². The fourth-order valence-electron chi connectivity index (χ4n) is 2.99. The van der Waals surface area contributed by atoms with E-state index in [1.807, 2.05) is 0 Å². The third kappa shape index (κ3) is 4.90.